The molecule has 0 fully saturated rings. The SMILES string of the molecule is CC/C1=C\C(C)=C/[C@@H](C)[C@H](O[Si](C)(C)C(C)(C)C)c2cc(O)cc(c2O)NC(=O)[C@H](C)[C@H]1OCOC. The monoisotopic (exact) mass is 519 g/mol. The number of hydrogen-bond acceptors (Lipinski definition) is 6. The number of amides is 1. The highest BCUT2D eigenvalue weighted by Gasteiger charge is 2.41. The fourth-order valence-electron chi connectivity index (χ4n) is 4.23. The van der Waals surface area contributed by atoms with Crippen molar-refractivity contribution in [3.05, 3.63) is 41.0 Å². The van der Waals surface area contributed by atoms with E-state index >= 15 is 0 Å². The molecule has 0 radical (unpaired) electrons. The van der Waals surface area contributed by atoms with E-state index in [4.69, 9.17) is 13.9 Å². The van der Waals surface area contributed by atoms with Crippen LogP contribution in [0.2, 0.25) is 18.1 Å². The first kappa shape index (κ1) is 30.1. The molecule has 7 nitrogen and oxygen atoms in total. The van der Waals surface area contributed by atoms with Gasteiger partial charge in [0.2, 0.25) is 5.91 Å². The zero-order valence-corrected chi connectivity index (χ0v) is 24.6. The predicted molar refractivity (Wildman–Crippen MR) is 147 cm³/mol. The normalized spacial score (nSPS) is 27.0. The zero-order valence-electron chi connectivity index (χ0n) is 23.6. The number of phenolic OH excluding ortho intramolecular Hbond substituents is 2. The summed E-state index contributed by atoms with van der Waals surface area (Å²) in [4.78, 5) is 13.3. The number of hydrogen-bond donors (Lipinski definition) is 3. The van der Waals surface area contributed by atoms with Crippen LogP contribution in [0.15, 0.2) is 35.4 Å². The maximum atomic E-state index is 13.3. The minimum absolute atomic E-state index is 0.0444. The topological polar surface area (TPSA) is 97.2 Å². The van der Waals surface area contributed by atoms with Crippen molar-refractivity contribution >= 4 is 19.9 Å². The lowest BCUT2D eigenvalue weighted by atomic mass is 9.91. The average Bonchev–Trinajstić information content (AvgIpc) is 2.77. The van der Waals surface area contributed by atoms with Crippen LogP contribution in [0.4, 0.5) is 5.69 Å². The summed E-state index contributed by atoms with van der Waals surface area (Å²) < 4.78 is 17.9. The Kier molecular flexibility index (Phi) is 9.98. The average molecular weight is 520 g/mol. The van der Waals surface area contributed by atoms with Crippen LogP contribution in [0.1, 0.15) is 66.6 Å². The van der Waals surface area contributed by atoms with Gasteiger partial charge >= 0.3 is 0 Å². The number of aromatic hydroxyl groups is 2. The lowest BCUT2D eigenvalue weighted by Crippen LogP contribution is -2.42. The van der Waals surface area contributed by atoms with Gasteiger partial charge in [0.1, 0.15) is 18.3 Å². The molecule has 2 rings (SSSR count). The number of ether oxygens (including phenoxy) is 2. The molecule has 1 aliphatic heterocycles. The van der Waals surface area contributed by atoms with Gasteiger partial charge in [-0.05, 0) is 43.1 Å². The van der Waals surface area contributed by atoms with Crippen LogP contribution in [0.3, 0.4) is 0 Å². The molecular weight excluding hydrogens is 474 g/mol. The molecule has 3 N–H and O–H groups in total. The first-order chi connectivity index (χ1) is 16.6. The summed E-state index contributed by atoms with van der Waals surface area (Å²) in [6.45, 7) is 18.7. The lowest BCUT2D eigenvalue weighted by molar-refractivity contribution is -0.128. The Bertz CT molecular complexity index is 994. The summed E-state index contributed by atoms with van der Waals surface area (Å²) in [7, 11) is -0.734. The van der Waals surface area contributed by atoms with E-state index in [1.165, 1.54) is 12.1 Å². The van der Waals surface area contributed by atoms with Gasteiger partial charge in [0.15, 0.2) is 8.32 Å². The molecule has 4 atom stereocenters. The van der Waals surface area contributed by atoms with E-state index in [-0.39, 0.29) is 40.8 Å². The van der Waals surface area contributed by atoms with E-state index in [0.717, 1.165) is 11.1 Å². The Labute approximate surface area is 217 Å². The molecule has 1 aliphatic rings. The number of carbonyl (C=O) groups excluding carboxylic acids is 1. The maximum Gasteiger partial charge on any atom is 0.230 e. The second-order valence-electron chi connectivity index (χ2n) is 11.3. The zero-order chi connectivity index (χ0) is 27.4. The Morgan fingerprint density at radius 1 is 1.11 bits per heavy atom. The largest absolute Gasteiger partial charge is 0.508 e. The molecule has 36 heavy (non-hydrogen) atoms. The van der Waals surface area contributed by atoms with Crippen molar-refractivity contribution in [3.63, 3.8) is 0 Å². The van der Waals surface area contributed by atoms with Crippen molar-refractivity contribution in [2.75, 3.05) is 19.2 Å². The van der Waals surface area contributed by atoms with Crippen LogP contribution in [-0.4, -0.2) is 44.4 Å². The molecule has 1 amide bonds. The van der Waals surface area contributed by atoms with Gasteiger partial charge in [0.05, 0.1) is 23.8 Å². The van der Waals surface area contributed by atoms with Gasteiger partial charge in [-0.25, -0.2) is 0 Å². The van der Waals surface area contributed by atoms with Crippen molar-refractivity contribution in [2.45, 2.75) is 85.2 Å². The maximum absolute atomic E-state index is 13.3. The smallest absolute Gasteiger partial charge is 0.230 e. The number of carbonyl (C=O) groups is 1. The van der Waals surface area contributed by atoms with Gasteiger partial charge in [-0.2, -0.15) is 0 Å². The molecule has 0 spiro atoms. The number of rotatable bonds is 6. The number of anilines is 1. The summed E-state index contributed by atoms with van der Waals surface area (Å²) in [5.41, 5.74) is 2.56. The Morgan fingerprint density at radius 3 is 2.31 bits per heavy atom. The summed E-state index contributed by atoms with van der Waals surface area (Å²) in [6, 6.07) is 2.89. The molecule has 8 heteroatoms. The van der Waals surface area contributed by atoms with E-state index in [1.807, 2.05) is 20.8 Å². The van der Waals surface area contributed by atoms with Crippen molar-refractivity contribution < 1.29 is 28.9 Å². The molecule has 0 saturated heterocycles. The third kappa shape index (κ3) is 7.00. The van der Waals surface area contributed by atoms with E-state index in [2.05, 4.69) is 51.3 Å². The molecule has 1 aromatic carbocycles. The highest BCUT2D eigenvalue weighted by molar-refractivity contribution is 6.74. The molecule has 1 aromatic rings. The quantitative estimate of drug-likeness (QED) is 0.168. The molecule has 2 bridgehead atoms. The van der Waals surface area contributed by atoms with Gasteiger partial charge in [0, 0.05) is 24.7 Å². The number of allylic oxidation sites excluding steroid dienone is 2. The molecule has 0 aromatic heterocycles. The van der Waals surface area contributed by atoms with Gasteiger partial charge in [-0.15, -0.1) is 0 Å². The fourth-order valence-corrected chi connectivity index (χ4v) is 5.56. The molecule has 202 valence electrons. The van der Waals surface area contributed by atoms with Gasteiger partial charge in [0.25, 0.3) is 0 Å². The summed E-state index contributed by atoms with van der Waals surface area (Å²) in [5, 5.41) is 24.6. The van der Waals surface area contributed by atoms with Gasteiger partial charge in [-0.3, -0.25) is 4.79 Å². The Morgan fingerprint density at radius 2 is 1.75 bits per heavy atom. The second kappa shape index (κ2) is 11.9. The lowest BCUT2D eigenvalue weighted by Gasteiger charge is -2.41. The van der Waals surface area contributed by atoms with Crippen molar-refractivity contribution in [1.82, 2.24) is 0 Å². The highest BCUT2D eigenvalue weighted by Crippen LogP contribution is 2.46. The number of methoxy groups -OCH3 is 1. The van der Waals surface area contributed by atoms with Crippen LogP contribution in [0.5, 0.6) is 11.5 Å². The van der Waals surface area contributed by atoms with Crippen molar-refractivity contribution in [2.24, 2.45) is 11.8 Å². The standard InChI is InChI=1S/C28H45NO6Si/c1-11-20-13-17(2)12-18(3)25(35-36(9,10)28(5,6)7)22-14-21(30)15-23(24(22)31)29-27(32)19(4)26(20)34-16-33-8/h12-15,18-19,25-26,30-31H,11,16H2,1-10H3,(H,29,32)/b17-12-,20-13+/t18-,19-,25+,26-/m1/s1. The summed E-state index contributed by atoms with van der Waals surface area (Å²) >= 11 is 0. The van der Waals surface area contributed by atoms with Gasteiger partial charge < -0.3 is 29.4 Å². The summed E-state index contributed by atoms with van der Waals surface area (Å²) in [5.74, 6) is -1.22. The number of phenols is 2. The van der Waals surface area contributed by atoms with Crippen molar-refractivity contribution in [1.29, 1.82) is 0 Å². The summed E-state index contributed by atoms with van der Waals surface area (Å²) in [6.07, 6.45) is 3.82. The first-order valence-electron chi connectivity index (χ1n) is 12.7. The van der Waals surface area contributed by atoms with E-state index in [0.29, 0.717) is 12.0 Å². The minimum Gasteiger partial charge on any atom is -0.508 e. The van der Waals surface area contributed by atoms with Crippen LogP contribution in [-0.2, 0) is 18.7 Å². The molecule has 1 heterocycles. The molecule has 0 unspecified atom stereocenters. The van der Waals surface area contributed by atoms with Crippen LogP contribution < -0.4 is 5.32 Å². The Hall–Kier alpha value is -2.13. The number of fused-ring (bicyclic) bond motifs is 2. The second-order valence-corrected chi connectivity index (χ2v) is 16.1. The molecule has 0 saturated carbocycles. The van der Waals surface area contributed by atoms with E-state index in [9.17, 15) is 15.0 Å². The van der Waals surface area contributed by atoms with Gasteiger partial charge in [-0.1, -0.05) is 59.3 Å². The minimum atomic E-state index is -2.28. The van der Waals surface area contributed by atoms with Crippen molar-refractivity contribution in [3.8, 4) is 11.5 Å². The van der Waals surface area contributed by atoms with E-state index in [1.54, 1.807) is 14.0 Å². The van der Waals surface area contributed by atoms with Crippen LogP contribution in [0, 0.1) is 11.8 Å². The Balaban J connectivity index is 2.77. The predicted octanol–water partition coefficient (Wildman–Crippen LogP) is 6.66. The highest BCUT2D eigenvalue weighted by atomic mass is 28.4. The third-order valence-corrected chi connectivity index (χ3v) is 11.8. The molecular formula is C28H45NO6Si. The fraction of sp³-hybridized carbons (Fsp3) is 0.607. The van der Waals surface area contributed by atoms with Crippen LogP contribution >= 0.6 is 0 Å². The third-order valence-electron chi connectivity index (χ3n) is 7.34. The van der Waals surface area contributed by atoms with E-state index < -0.39 is 26.4 Å². The molecule has 0 aliphatic carbocycles. The number of benzene rings is 1. The first-order valence-corrected chi connectivity index (χ1v) is 15.6. The number of nitrogens with one attached hydrogen (secondary N) is 1. The van der Waals surface area contributed by atoms with Crippen LogP contribution in [0.25, 0.3) is 0 Å².